The Kier molecular flexibility index (Phi) is 10.7. The van der Waals surface area contributed by atoms with Crippen LogP contribution in [0.2, 0.25) is 10.0 Å². The van der Waals surface area contributed by atoms with Gasteiger partial charge in [0, 0.05) is 28.5 Å². The quantitative estimate of drug-likeness (QED) is 0.270. The SMILES string of the molecule is CC[C@@H](C)NC(=O)[C@@H](Cc1ccccc1)N(Cc1ccc(Cl)cc1)C(=O)COc1ccc(Br)cc1Cl. The van der Waals surface area contributed by atoms with E-state index in [1.807, 2.05) is 56.3 Å². The molecular formula is C28H29BrCl2N2O3. The average Bonchev–Trinajstić information content (AvgIpc) is 2.87. The number of nitrogens with one attached hydrogen (secondary N) is 1. The number of hydrogen-bond donors (Lipinski definition) is 1. The molecule has 2 amide bonds. The summed E-state index contributed by atoms with van der Waals surface area (Å²) in [6.07, 6.45) is 1.14. The molecule has 5 nitrogen and oxygen atoms in total. The molecule has 0 bridgehead atoms. The van der Waals surface area contributed by atoms with Crippen LogP contribution in [0.3, 0.4) is 0 Å². The highest BCUT2D eigenvalue weighted by atomic mass is 79.9. The number of halogens is 3. The van der Waals surface area contributed by atoms with Gasteiger partial charge in [-0.05, 0) is 54.8 Å². The van der Waals surface area contributed by atoms with Crippen molar-refractivity contribution in [2.75, 3.05) is 6.61 Å². The van der Waals surface area contributed by atoms with E-state index in [1.165, 1.54) is 0 Å². The van der Waals surface area contributed by atoms with Crippen LogP contribution in [0.1, 0.15) is 31.4 Å². The highest BCUT2D eigenvalue weighted by Gasteiger charge is 2.31. The summed E-state index contributed by atoms with van der Waals surface area (Å²) in [6, 6.07) is 21.3. The highest BCUT2D eigenvalue weighted by molar-refractivity contribution is 9.10. The Hall–Kier alpha value is -2.54. The second-order valence-electron chi connectivity index (χ2n) is 8.53. The number of nitrogens with zero attached hydrogens (tertiary/aromatic N) is 1. The Morgan fingerprint density at radius 2 is 1.69 bits per heavy atom. The van der Waals surface area contributed by atoms with Crippen molar-refractivity contribution in [1.82, 2.24) is 10.2 Å². The number of amides is 2. The molecule has 3 aromatic rings. The first-order chi connectivity index (χ1) is 17.3. The van der Waals surface area contributed by atoms with E-state index in [0.717, 1.165) is 22.0 Å². The molecular weight excluding hydrogens is 563 g/mol. The van der Waals surface area contributed by atoms with E-state index in [9.17, 15) is 9.59 Å². The van der Waals surface area contributed by atoms with Gasteiger partial charge in [-0.25, -0.2) is 0 Å². The van der Waals surface area contributed by atoms with Crippen LogP contribution in [0.5, 0.6) is 5.75 Å². The summed E-state index contributed by atoms with van der Waals surface area (Å²) < 4.78 is 6.58. The molecule has 8 heteroatoms. The molecule has 0 unspecified atom stereocenters. The Labute approximate surface area is 230 Å². The smallest absolute Gasteiger partial charge is 0.261 e. The van der Waals surface area contributed by atoms with Crippen LogP contribution >= 0.6 is 39.1 Å². The van der Waals surface area contributed by atoms with Crippen LogP contribution < -0.4 is 10.1 Å². The van der Waals surface area contributed by atoms with Crippen LogP contribution in [-0.2, 0) is 22.6 Å². The number of benzene rings is 3. The number of carbonyl (C=O) groups is 2. The van der Waals surface area contributed by atoms with Gasteiger partial charge in [0.2, 0.25) is 5.91 Å². The predicted octanol–water partition coefficient (Wildman–Crippen LogP) is 6.69. The molecule has 0 heterocycles. The lowest BCUT2D eigenvalue weighted by molar-refractivity contribution is -0.143. The molecule has 0 fully saturated rings. The minimum absolute atomic E-state index is 0.0268. The number of ether oxygens (including phenoxy) is 1. The van der Waals surface area contributed by atoms with Crippen LogP contribution in [-0.4, -0.2) is 35.4 Å². The van der Waals surface area contributed by atoms with Gasteiger partial charge in [0.1, 0.15) is 11.8 Å². The normalized spacial score (nSPS) is 12.5. The second kappa shape index (κ2) is 13.7. The van der Waals surface area contributed by atoms with E-state index in [1.54, 1.807) is 35.2 Å². The maximum atomic E-state index is 13.6. The minimum atomic E-state index is -0.742. The van der Waals surface area contributed by atoms with E-state index in [2.05, 4.69) is 21.2 Å². The van der Waals surface area contributed by atoms with Crippen molar-refractivity contribution in [1.29, 1.82) is 0 Å². The van der Waals surface area contributed by atoms with Crippen molar-refractivity contribution < 1.29 is 14.3 Å². The van der Waals surface area contributed by atoms with Crippen molar-refractivity contribution in [2.45, 2.75) is 45.3 Å². The van der Waals surface area contributed by atoms with Crippen molar-refractivity contribution >= 4 is 50.9 Å². The lowest BCUT2D eigenvalue weighted by Crippen LogP contribution is -2.53. The van der Waals surface area contributed by atoms with Crippen LogP contribution in [0.15, 0.2) is 77.3 Å². The van der Waals surface area contributed by atoms with Gasteiger partial charge in [0.25, 0.3) is 5.91 Å². The molecule has 0 saturated carbocycles. The van der Waals surface area contributed by atoms with Gasteiger partial charge in [-0.1, -0.05) is 88.5 Å². The summed E-state index contributed by atoms with van der Waals surface area (Å²) in [6.45, 7) is 3.90. The molecule has 0 radical (unpaired) electrons. The fourth-order valence-corrected chi connectivity index (χ4v) is 4.45. The van der Waals surface area contributed by atoms with E-state index >= 15 is 0 Å². The number of hydrogen-bond acceptors (Lipinski definition) is 3. The first-order valence-corrected chi connectivity index (χ1v) is 13.3. The molecule has 0 aliphatic heterocycles. The third-order valence-corrected chi connectivity index (χ3v) is 6.82. The summed E-state index contributed by atoms with van der Waals surface area (Å²) in [5.41, 5.74) is 1.80. The van der Waals surface area contributed by atoms with Gasteiger partial charge in [-0.15, -0.1) is 0 Å². The molecule has 0 aliphatic rings. The monoisotopic (exact) mass is 590 g/mol. The molecule has 0 aromatic heterocycles. The predicted molar refractivity (Wildman–Crippen MR) is 148 cm³/mol. The van der Waals surface area contributed by atoms with Crippen molar-refractivity contribution in [3.8, 4) is 5.75 Å². The van der Waals surface area contributed by atoms with Crippen LogP contribution in [0.4, 0.5) is 0 Å². The Morgan fingerprint density at radius 1 is 1.00 bits per heavy atom. The zero-order valence-corrected chi connectivity index (χ0v) is 23.3. The number of rotatable bonds is 11. The maximum absolute atomic E-state index is 13.6. The minimum Gasteiger partial charge on any atom is -0.482 e. The molecule has 3 rings (SSSR count). The molecule has 0 spiro atoms. The summed E-state index contributed by atoms with van der Waals surface area (Å²) in [4.78, 5) is 28.6. The fraction of sp³-hybridized carbons (Fsp3) is 0.286. The molecule has 1 N–H and O–H groups in total. The summed E-state index contributed by atoms with van der Waals surface area (Å²) >= 11 is 15.7. The van der Waals surface area contributed by atoms with Gasteiger partial charge >= 0.3 is 0 Å². The third-order valence-electron chi connectivity index (χ3n) is 5.78. The van der Waals surface area contributed by atoms with Gasteiger partial charge in [-0.2, -0.15) is 0 Å². The number of carbonyl (C=O) groups excluding carboxylic acids is 2. The Balaban J connectivity index is 1.91. The third kappa shape index (κ3) is 8.26. The first kappa shape index (κ1) is 28.0. The molecule has 0 saturated heterocycles. The molecule has 36 heavy (non-hydrogen) atoms. The van der Waals surface area contributed by atoms with E-state index in [0.29, 0.717) is 22.2 Å². The van der Waals surface area contributed by atoms with Gasteiger partial charge in [0.15, 0.2) is 6.61 Å². The van der Waals surface area contributed by atoms with Crippen molar-refractivity contribution in [3.05, 3.63) is 98.4 Å². The first-order valence-electron chi connectivity index (χ1n) is 11.7. The van der Waals surface area contributed by atoms with Crippen LogP contribution in [0, 0.1) is 0 Å². The average molecular weight is 592 g/mol. The Morgan fingerprint density at radius 3 is 2.33 bits per heavy atom. The van der Waals surface area contributed by atoms with Gasteiger partial charge in [0.05, 0.1) is 5.02 Å². The summed E-state index contributed by atoms with van der Waals surface area (Å²) in [5, 5.41) is 4.03. The molecule has 190 valence electrons. The topological polar surface area (TPSA) is 58.6 Å². The van der Waals surface area contributed by atoms with Crippen molar-refractivity contribution in [3.63, 3.8) is 0 Å². The zero-order valence-electron chi connectivity index (χ0n) is 20.2. The molecule has 0 aliphatic carbocycles. The summed E-state index contributed by atoms with van der Waals surface area (Å²) in [5.74, 6) is -0.148. The Bertz CT molecular complexity index is 1160. The molecule has 3 aromatic carbocycles. The van der Waals surface area contributed by atoms with Crippen LogP contribution in [0.25, 0.3) is 0 Å². The van der Waals surface area contributed by atoms with Gasteiger partial charge < -0.3 is 15.0 Å². The lowest BCUT2D eigenvalue weighted by atomic mass is 10.0. The zero-order chi connectivity index (χ0) is 26.1. The van der Waals surface area contributed by atoms with E-state index in [-0.39, 0.29) is 31.0 Å². The lowest BCUT2D eigenvalue weighted by Gasteiger charge is -2.32. The van der Waals surface area contributed by atoms with Crippen molar-refractivity contribution in [2.24, 2.45) is 0 Å². The highest BCUT2D eigenvalue weighted by Crippen LogP contribution is 2.28. The second-order valence-corrected chi connectivity index (χ2v) is 10.3. The largest absolute Gasteiger partial charge is 0.482 e. The molecule has 2 atom stereocenters. The standard InChI is InChI=1S/C28H29BrCl2N2O3/c1-3-19(2)32-28(35)25(15-20-7-5-4-6-8-20)33(17-21-9-12-23(30)13-10-21)27(34)18-36-26-14-11-22(29)16-24(26)31/h4-14,16,19,25H,3,15,17-18H2,1-2H3,(H,32,35)/t19-,25-/m1/s1. The fourth-order valence-electron chi connectivity index (χ4n) is 3.60. The maximum Gasteiger partial charge on any atom is 0.261 e. The van der Waals surface area contributed by atoms with E-state index in [4.69, 9.17) is 27.9 Å². The summed E-state index contributed by atoms with van der Waals surface area (Å²) in [7, 11) is 0. The van der Waals surface area contributed by atoms with E-state index < -0.39 is 6.04 Å². The van der Waals surface area contributed by atoms with Gasteiger partial charge in [-0.3, -0.25) is 9.59 Å².